The average molecular weight is 238 g/mol. The van der Waals surface area contributed by atoms with Gasteiger partial charge in [-0.2, -0.15) is 0 Å². The van der Waals surface area contributed by atoms with E-state index in [4.69, 9.17) is 5.11 Å². The van der Waals surface area contributed by atoms with Crippen LogP contribution in [0.2, 0.25) is 0 Å². The van der Waals surface area contributed by atoms with E-state index >= 15 is 0 Å². The van der Waals surface area contributed by atoms with Crippen molar-refractivity contribution in [3.8, 4) is 0 Å². The summed E-state index contributed by atoms with van der Waals surface area (Å²) in [5.74, 6) is 0. The molecule has 1 saturated heterocycles. The van der Waals surface area contributed by atoms with Crippen LogP contribution in [0.5, 0.6) is 0 Å². The highest BCUT2D eigenvalue weighted by atomic mass is 32.2. The zero-order chi connectivity index (χ0) is 11.4. The van der Waals surface area contributed by atoms with Crippen molar-refractivity contribution in [2.45, 2.75) is 23.1 Å². The summed E-state index contributed by atoms with van der Waals surface area (Å²) >= 11 is 1.75. The van der Waals surface area contributed by atoms with Gasteiger partial charge < -0.3 is 10.0 Å². The minimum atomic E-state index is -0.804. The van der Waals surface area contributed by atoms with Gasteiger partial charge in [-0.15, -0.1) is 11.8 Å². The molecule has 4 nitrogen and oxygen atoms in total. The fourth-order valence-corrected chi connectivity index (χ4v) is 2.82. The van der Waals surface area contributed by atoms with Crippen LogP contribution in [0.25, 0.3) is 0 Å². The van der Waals surface area contributed by atoms with Gasteiger partial charge in [0.1, 0.15) is 0 Å². The summed E-state index contributed by atoms with van der Waals surface area (Å²) in [4.78, 5) is 16.5. The summed E-state index contributed by atoms with van der Waals surface area (Å²) in [5, 5.41) is 10.3. The number of piperidine rings is 1. The Balaban J connectivity index is 1.84. The molecule has 0 bridgehead atoms. The molecule has 1 aromatic rings. The second-order valence-corrected chi connectivity index (χ2v) is 5.08. The van der Waals surface area contributed by atoms with E-state index in [1.807, 2.05) is 18.2 Å². The number of aromatic nitrogens is 1. The van der Waals surface area contributed by atoms with Crippen LogP contribution in [0.1, 0.15) is 12.8 Å². The van der Waals surface area contributed by atoms with Crippen LogP contribution in [0.3, 0.4) is 0 Å². The number of pyridine rings is 1. The van der Waals surface area contributed by atoms with E-state index in [-0.39, 0.29) is 0 Å². The van der Waals surface area contributed by atoms with Crippen molar-refractivity contribution in [2.75, 3.05) is 13.1 Å². The summed E-state index contributed by atoms with van der Waals surface area (Å²) in [6.07, 6.45) is 2.80. The highest BCUT2D eigenvalue weighted by Gasteiger charge is 2.22. The minimum absolute atomic E-state index is 0.491. The van der Waals surface area contributed by atoms with E-state index in [1.165, 1.54) is 4.90 Å². The van der Waals surface area contributed by atoms with Gasteiger partial charge in [-0.1, -0.05) is 6.07 Å². The summed E-state index contributed by atoms with van der Waals surface area (Å²) < 4.78 is 0. The molecule has 2 rings (SSSR count). The third kappa shape index (κ3) is 2.88. The quantitative estimate of drug-likeness (QED) is 0.859. The smallest absolute Gasteiger partial charge is 0.407 e. The Morgan fingerprint density at radius 2 is 2.19 bits per heavy atom. The summed E-state index contributed by atoms with van der Waals surface area (Å²) in [6.45, 7) is 1.28. The van der Waals surface area contributed by atoms with Crippen molar-refractivity contribution in [1.29, 1.82) is 0 Å². The third-order valence-electron chi connectivity index (χ3n) is 2.64. The molecule has 0 spiro atoms. The monoisotopic (exact) mass is 238 g/mol. The van der Waals surface area contributed by atoms with E-state index in [1.54, 1.807) is 18.0 Å². The average Bonchev–Trinajstić information content (AvgIpc) is 2.31. The molecule has 0 unspecified atom stereocenters. The number of nitrogens with zero attached hydrogens (tertiary/aromatic N) is 2. The van der Waals surface area contributed by atoms with Crippen LogP contribution in [0, 0.1) is 0 Å². The lowest BCUT2D eigenvalue weighted by atomic mass is 10.1. The van der Waals surface area contributed by atoms with E-state index in [0.717, 1.165) is 17.9 Å². The molecule has 2 heterocycles. The first kappa shape index (κ1) is 11.3. The van der Waals surface area contributed by atoms with Gasteiger partial charge >= 0.3 is 6.09 Å². The highest BCUT2D eigenvalue weighted by molar-refractivity contribution is 7.99. The predicted molar refractivity (Wildman–Crippen MR) is 62.7 cm³/mol. The van der Waals surface area contributed by atoms with Gasteiger partial charge in [0, 0.05) is 24.5 Å². The van der Waals surface area contributed by atoms with E-state index < -0.39 is 6.09 Å². The molecule has 0 aliphatic carbocycles. The Bertz CT molecular complexity index is 350. The fourth-order valence-electron chi connectivity index (χ4n) is 1.75. The Labute approximate surface area is 98.7 Å². The van der Waals surface area contributed by atoms with Gasteiger partial charge in [-0.25, -0.2) is 9.78 Å². The summed E-state index contributed by atoms with van der Waals surface area (Å²) in [5.41, 5.74) is 0. The first-order valence-corrected chi connectivity index (χ1v) is 6.19. The van der Waals surface area contributed by atoms with Crippen LogP contribution in [-0.4, -0.2) is 39.4 Å². The van der Waals surface area contributed by atoms with Gasteiger partial charge in [0.15, 0.2) is 0 Å². The number of rotatable bonds is 2. The van der Waals surface area contributed by atoms with E-state index in [9.17, 15) is 4.79 Å². The molecule has 0 saturated carbocycles. The SMILES string of the molecule is O=C(O)N1CCC(Sc2ccccn2)CC1. The zero-order valence-electron chi connectivity index (χ0n) is 8.87. The third-order valence-corrected chi connectivity index (χ3v) is 3.93. The lowest BCUT2D eigenvalue weighted by molar-refractivity contribution is 0.136. The first-order chi connectivity index (χ1) is 7.75. The number of hydrogen-bond donors (Lipinski definition) is 1. The summed E-state index contributed by atoms with van der Waals surface area (Å²) in [6, 6.07) is 5.87. The maximum absolute atomic E-state index is 10.7. The van der Waals surface area contributed by atoms with Crippen LogP contribution in [0.15, 0.2) is 29.4 Å². The Kier molecular flexibility index (Phi) is 3.66. The van der Waals surface area contributed by atoms with Crippen molar-refractivity contribution >= 4 is 17.9 Å². The Hall–Kier alpha value is -1.23. The second kappa shape index (κ2) is 5.21. The molecule has 1 aliphatic heterocycles. The van der Waals surface area contributed by atoms with Crippen molar-refractivity contribution < 1.29 is 9.90 Å². The molecule has 0 aromatic carbocycles. The maximum atomic E-state index is 10.7. The van der Waals surface area contributed by atoms with Gasteiger partial charge in [-0.05, 0) is 25.0 Å². The molecule has 0 atom stereocenters. The molecule has 1 fully saturated rings. The number of hydrogen-bond acceptors (Lipinski definition) is 3. The van der Waals surface area contributed by atoms with Crippen molar-refractivity contribution in [3.63, 3.8) is 0 Å². The second-order valence-electron chi connectivity index (χ2n) is 3.75. The lowest BCUT2D eigenvalue weighted by Gasteiger charge is -2.29. The molecule has 1 N–H and O–H groups in total. The molecule has 16 heavy (non-hydrogen) atoms. The Morgan fingerprint density at radius 3 is 2.75 bits per heavy atom. The Morgan fingerprint density at radius 1 is 1.44 bits per heavy atom. The normalized spacial score (nSPS) is 17.4. The molecule has 1 aliphatic rings. The molecule has 1 amide bonds. The van der Waals surface area contributed by atoms with Gasteiger partial charge in [0.2, 0.25) is 0 Å². The van der Waals surface area contributed by atoms with Crippen LogP contribution < -0.4 is 0 Å². The molecule has 1 aromatic heterocycles. The zero-order valence-corrected chi connectivity index (χ0v) is 9.69. The predicted octanol–water partition coefficient (Wildman–Crippen LogP) is 2.32. The van der Waals surface area contributed by atoms with Gasteiger partial charge in [0.25, 0.3) is 0 Å². The number of likely N-dealkylation sites (tertiary alicyclic amines) is 1. The summed E-state index contributed by atoms with van der Waals surface area (Å²) in [7, 11) is 0. The topological polar surface area (TPSA) is 53.4 Å². The van der Waals surface area contributed by atoms with Gasteiger partial charge in [0.05, 0.1) is 5.03 Å². The van der Waals surface area contributed by atoms with Crippen LogP contribution >= 0.6 is 11.8 Å². The molecule has 86 valence electrons. The lowest BCUT2D eigenvalue weighted by Crippen LogP contribution is -2.38. The fraction of sp³-hybridized carbons (Fsp3) is 0.455. The standard InChI is InChI=1S/C11H14N2O2S/c14-11(15)13-7-4-9(5-8-13)16-10-3-1-2-6-12-10/h1-3,6,9H,4-5,7-8H2,(H,14,15). The highest BCUT2D eigenvalue weighted by Crippen LogP contribution is 2.28. The molecular formula is C11H14N2O2S. The number of thioether (sulfide) groups is 1. The largest absolute Gasteiger partial charge is 0.465 e. The number of carboxylic acid groups (broad SMARTS) is 1. The van der Waals surface area contributed by atoms with Gasteiger partial charge in [-0.3, -0.25) is 0 Å². The van der Waals surface area contributed by atoms with Crippen LogP contribution in [-0.2, 0) is 0 Å². The van der Waals surface area contributed by atoms with Crippen LogP contribution in [0.4, 0.5) is 4.79 Å². The van der Waals surface area contributed by atoms with Crippen molar-refractivity contribution in [3.05, 3.63) is 24.4 Å². The molecular weight excluding hydrogens is 224 g/mol. The molecule has 5 heteroatoms. The first-order valence-electron chi connectivity index (χ1n) is 5.31. The minimum Gasteiger partial charge on any atom is -0.465 e. The molecule has 0 radical (unpaired) electrons. The maximum Gasteiger partial charge on any atom is 0.407 e. The number of carbonyl (C=O) groups is 1. The van der Waals surface area contributed by atoms with Crippen molar-refractivity contribution in [2.24, 2.45) is 0 Å². The van der Waals surface area contributed by atoms with E-state index in [2.05, 4.69) is 4.98 Å². The van der Waals surface area contributed by atoms with E-state index in [0.29, 0.717) is 18.3 Å². The number of amides is 1. The van der Waals surface area contributed by atoms with Crippen molar-refractivity contribution in [1.82, 2.24) is 9.88 Å².